The highest BCUT2D eigenvalue weighted by molar-refractivity contribution is 7.99. The lowest BCUT2D eigenvalue weighted by molar-refractivity contribution is 0.306. The molecule has 1 N–H and O–H groups in total. The van der Waals surface area contributed by atoms with Gasteiger partial charge in [0.25, 0.3) is 5.56 Å². The van der Waals surface area contributed by atoms with E-state index in [-0.39, 0.29) is 5.56 Å². The second kappa shape index (κ2) is 4.37. The van der Waals surface area contributed by atoms with Gasteiger partial charge in [-0.3, -0.25) is 4.79 Å². The third kappa shape index (κ3) is 2.23. The molecule has 0 aliphatic carbocycles. The van der Waals surface area contributed by atoms with Gasteiger partial charge in [-0.1, -0.05) is 18.7 Å². The van der Waals surface area contributed by atoms with Crippen LogP contribution in [0.2, 0.25) is 0 Å². The molecule has 0 aromatic carbocycles. The Morgan fingerprint density at radius 2 is 2.40 bits per heavy atom. The molecule has 0 saturated carbocycles. The summed E-state index contributed by atoms with van der Waals surface area (Å²) in [5.74, 6) is 0.932. The molecule has 4 nitrogen and oxygen atoms in total. The topological polar surface area (TPSA) is 49.0 Å². The number of aromatic nitrogens is 2. The molecule has 2 heterocycles. The number of nitrogens with one attached hydrogen (secondary N) is 1. The molecular formula is C10H15N3OS. The van der Waals surface area contributed by atoms with Gasteiger partial charge in [-0.15, -0.1) is 0 Å². The summed E-state index contributed by atoms with van der Waals surface area (Å²) in [7, 11) is 2.02. The van der Waals surface area contributed by atoms with Gasteiger partial charge >= 0.3 is 0 Å². The minimum Gasteiger partial charge on any atom is -0.301 e. The Morgan fingerprint density at radius 1 is 1.60 bits per heavy atom. The summed E-state index contributed by atoms with van der Waals surface area (Å²) < 4.78 is 0. The SMILES string of the molecule is CCSc1nc2c(c(=O)[nH]1)CN(C)CC2. The number of aromatic amines is 1. The van der Waals surface area contributed by atoms with Crippen LogP contribution in [0.1, 0.15) is 18.2 Å². The molecule has 0 bridgehead atoms. The number of hydrogen-bond acceptors (Lipinski definition) is 4. The number of rotatable bonds is 2. The zero-order chi connectivity index (χ0) is 10.8. The van der Waals surface area contributed by atoms with Crippen LogP contribution >= 0.6 is 11.8 Å². The van der Waals surface area contributed by atoms with Crippen molar-refractivity contribution in [2.45, 2.75) is 25.0 Å². The Kier molecular flexibility index (Phi) is 3.11. The highest BCUT2D eigenvalue weighted by Crippen LogP contribution is 2.16. The fraction of sp³-hybridized carbons (Fsp3) is 0.600. The third-order valence-electron chi connectivity index (χ3n) is 2.52. The molecule has 1 aliphatic rings. The number of fused-ring (bicyclic) bond motifs is 1. The van der Waals surface area contributed by atoms with Gasteiger partial charge in [-0.25, -0.2) is 4.98 Å². The van der Waals surface area contributed by atoms with Crippen molar-refractivity contribution >= 4 is 11.8 Å². The third-order valence-corrected chi connectivity index (χ3v) is 3.27. The van der Waals surface area contributed by atoms with Crippen molar-refractivity contribution in [3.8, 4) is 0 Å². The first-order valence-electron chi connectivity index (χ1n) is 5.14. The van der Waals surface area contributed by atoms with Crippen molar-refractivity contribution in [1.29, 1.82) is 0 Å². The Hall–Kier alpha value is -0.810. The molecule has 1 aromatic heterocycles. The van der Waals surface area contributed by atoms with Crippen molar-refractivity contribution in [2.24, 2.45) is 0 Å². The van der Waals surface area contributed by atoms with Gasteiger partial charge < -0.3 is 9.88 Å². The zero-order valence-electron chi connectivity index (χ0n) is 9.04. The van der Waals surface area contributed by atoms with E-state index in [1.807, 2.05) is 7.05 Å². The van der Waals surface area contributed by atoms with Gasteiger partial charge in [0, 0.05) is 19.5 Å². The average molecular weight is 225 g/mol. The summed E-state index contributed by atoms with van der Waals surface area (Å²) in [6, 6.07) is 0. The van der Waals surface area contributed by atoms with Crippen LogP contribution in [0.25, 0.3) is 0 Å². The number of nitrogens with zero attached hydrogens (tertiary/aromatic N) is 2. The number of thioether (sulfide) groups is 1. The van der Waals surface area contributed by atoms with E-state index in [4.69, 9.17) is 0 Å². The molecule has 1 aliphatic heterocycles. The average Bonchev–Trinajstić information content (AvgIpc) is 2.20. The molecule has 0 atom stereocenters. The summed E-state index contributed by atoms with van der Waals surface area (Å²) in [5.41, 5.74) is 1.85. The maximum absolute atomic E-state index is 11.8. The summed E-state index contributed by atoms with van der Waals surface area (Å²) in [6.45, 7) is 3.76. The first kappa shape index (κ1) is 10.7. The Labute approximate surface area is 93.1 Å². The second-order valence-electron chi connectivity index (χ2n) is 3.72. The number of H-pyrrole nitrogens is 1. The maximum Gasteiger partial charge on any atom is 0.256 e. The molecule has 0 radical (unpaired) electrons. The van der Waals surface area contributed by atoms with Crippen molar-refractivity contribution < 1.29 is 0 Å². The van der Waals surface area contributed by atoms with E-state index >= 15 is 0 Å². The van der Waals surface area contributed by atoms with E-state index in [1.165, 1.54) is 0 Å². The Balaban J connectivity index is 2.39. The molecule has 1 aromatic rings. The number of likely N-dealkylation sites (N-methyl/N-ethyl adjacent to an activating group) is 1. The van der Waals surface area contributed by atoms with Crippen LogP contribution in [0, 0.1) is 0 Å². The van der Waals surface area contributed by atoms with E-state index < -0.39 is 0 Å². The maximum atomic E-state index is 11.8. The highest BCUT2D eigenvalue weighted by Gasteiger charge is 2.18. The van der Waals surface area contributed by atoms with E-state index in [2.05, 4.69) is 21.8 Å². The zero-order valence-corrected chi connectivity index (χ0v) is 9.86. The summed E-state index contributed by atoms with van der Waals surface area (Å²) in [6.07, 6.45) is 0.882. The fourth-order valence-corrected chi connectivity index (χ4v) is 2.36. The normalized spacial score (nSPS) is 16.4. The fourth-order valence-electron chi connectivity index (χ4n) is 1.74. The van der Waals surface area contributed by atoms with Gasteiger partial charge in [0.2, 0.25) is 0 Å². The minimum atomic E-state index is 0.0301. The molecule has 0 unspecified atom stereocenters. The van der Waals surface area contributed by atoms with Crippen LogP contribution < -0.4 is 5.56 Å². The lowest BCUT2D eigenvalue weighted by Crippen LogP contribution is -2.33. The molecule has 5 heteroatoms. The standard InChI is InChI=1S/C10H15N3OS/c1-3-15-10-11-8-4-5-13(2)6-7(8)9(14)12-10/h3-6H2,1-2H3,(H,11,12,14). The summed E-state index contributed by atoms with van der Waals surface area (Å²) in [5, 5.41) is 0.755. The van der Waals surface area contributed by atoms with E-state index in [9.17, 15) is 4.79 Å². The van der Waals surface area contributed by atoms with Gasteiger partial charge in [0.15, 0.2) is 5.16 Å². The largest absolute Gasteiger partial charge is 0.301 e. The first-order valence-corrected chi connectivity index (χ1v) is 6.12. The van der Waals surface area contributed by atoms with Crippen molar-refractivity contribution in [2.75, 3.05) is 19.3 Å². The highest BCUT2D eigenvalue weighted by atomic mass is 32.2. The van der Waals surface area contributed by atoms with Crippen LogP contribution in [-0.2, 0) is 13.0 Å². The molecule has 0 fully saturated rings. The van der Waals surface area contributed by atoms with Crippen LogP contribution in [0.5, 0.6) is 0 Å². The van der Waals surface area contributed by atoms with Crippen molar-refractivity contribution in [3.63, 3.8) is 0 Å². The monoisotopic (exact) mass is 225 g/mol. The van der Waals surface area contributed by atoms with E-state index in [1.54, 1.807) is 11.8 Å². The lowest BCUT2D eigenvalue weighted by Gasteiger charge is -2.23. The molecule has 0 saturated heterocycles. The van der Waals surface area contributed by atoms with Crippen LogP contribution in [-0.4, -0.2) is 34.2 Å². The molecular weight excluding hydrogens is 210 g/mol. The van der Waals surface area contributed by atoms with Gasteiger partial charge in [-0.05, 0) is 12.8 Å². The Morgan fingerprint density at radius 3 is 3.13 bits per heavy atom. The van der Waals surface area contributed by atoms with Gasteiger partial charge in [0.1, 0.15) is 0 Å². The molecule has 2 rings (SSSR count). The van der Waals surface area contributed by atoms with Crippen LogP contribution in [0.15, 0.2) is 9.95 Å². The van der Waals surface area contributed by atoms with Crippen LogP contribution in [0.4, 0.5) is 0 Å². The molecule has 0 amide bonds. The second-order valence-corrected chi connectivity index (χ2v) is 4.97. The first-order chi connectivity index (χ1) is 7.20. The van der Waals surface area contributed by atoms with Crippen LogP contribution in [0.3, 0.4) is 0 Å². The number of hydrogen-bond donors (Lipinski definition) is 1. The Bertz CT molecular complexity index is 416. The molecule has 0 spiro atoms. The smallest absolute Gasteiger partial charge is 0.256 e. The van der Waals surface area contributed by atoms with E-state index in [0.717, 1.165) is 41.7 Å². The minimum absolute atomic E-state index is 0.0301. The lowest BCUT2D eigenvalue weighted by atomic mass is 10.1. The molecule has 82 valence electrons. The van der Waals surface area contributed by atoms with Crippen molar-refractivity contribution in [1.82, 2.24) is 14.9 Å². The molecule has 15 heavy (non-hydrogen) atoms. The van der Waals surface area contributed by atoms with Gasteiger partial charge in [-0.2, -0.15) is 0 Å². The quantitative estimate of drug-likeness (QED) is 0.599. The predicted octanol–water partition coefficient (Wildman–Crippen LogP) is 0.870. The summed E-state index contributed by atoms with van der Waals surface area (Å²) in [4.78, 5) is 21.2. The van der Waals surface area contributed by atoms with Crippen molar-refractivity contribution in [3.05, 3.63) is 21.6 Å². The van der Waals surface area contributed by atoms with E-state index in [0.29, 0.717) is 0 Å². The summed E-state index contributed by atoms with van der Waals surface area (Å²) >= 11 is 1.58. The van der Waals surface area contributed by atoms with Gasteiger partial charge in [0.05, 0.1) is 11.3 Å². The predicted molar refractivity (Wildman–Crippen MR) is 61.3 cm³/mol.